The van der Waals surface area contributed by atoms with E-state index in [0.29, 0.717) is 6.42 Å². The van der Waals surface area contributed by atoms with Crippen molar-refractivity contribution < 1.29 is 22.7 Å². The number of anilines is 2. The molecule has 0 spiro atoms. The van der Waals surface area contributed by atoms with E-state index in [1.165, 1.54) is 35.9 Å². The summed E-state index contributed by atoms with van der Waals surface area (Å²) in [5.41, 5.74) is 0.0295. The number of H-pyrrole nitrogens is 1. The summed E-state index contributed by atoms with van der Waals surface area (Å²) in [5, 5.41) is 0. The number of aromatic nitrogens is 2. The Balaban J connectivity index is 2.49. The molecule has 2 aromatic rings. The smallest absolute Gasteiger partial charge is 0.385 e. The van der Waals surface area contributed by atoms with E-state index in [9.17, 15) is 27.6 Å². The van der Waals surface area contributed by atoms with Crippen LogP contribution in [-0.4, -0.2) is 41.2 Å². The number of carbonyl (C=O) groups excluding carboxylic acids is 1. The molecule has 0 unspecified atom stereocenters. The highest BCUT2D eigenvalue weighted by Crippen LogP contribution is 2.36. The highest BCUT2D eigenvalue weighted by molar-refractivity contribution is 8.00. The van der Waals surface area contributed by atoms with Crippen molar-refractivity contribution in [2.45, 2.75) is 37.2 Å². The van der Waals surface area contributed by atoms with Crippen LogP contribution in [0.5, 0.6) is 0 Å². The Bertz CT molecular complexity index is 1050. The predicted molar refractivity (Wildman–Crippen MR) is 117 cm³/mol. The molecule has 176 valence electrons. The second-order valence-corrected chi connectivity index (χ2v) is 8.51. The van der Waals surface area contributed by atoms with Crippen molar-refractivity contribution in [3.05, 3.63) is 50.7 Å². The topological polar surface area (TPSA) is 110 Å². The third-order valence-corrected chi connectivity index (χ3v) is 5.08. The molecular weight excluding hydrogens is 449 g/mol. The molecule has 0 aliphatic carbocycles. The highest BCUT2D eigenvalue weighted by atomic mass is 32.2. The van der Waals surface area contributed by atoms with Crippen molar-refractivity contribution >= 4 is 29.2 Å². The number of aromatic amines is 1. The fraction of sp³-hybridized carbons (Fsp3) is 0.450. The summed E-state index contributed by atoms with van der Waals surface area (Å²) in [7, 11) is 1.48. The maximum atomic E-state index is 13.2. The van der Waals surface area contributed by atoms with Crippen LogP contribution in [0.25, 0.3) is 0 Å². The number of nitrogens with one attached hydrogen (secondary N) is 1. The molecule has 1 heterocycles. The molecule has 1 aromatic heterocycles. The average Bonchev–Trinajstić information content (AvgIpc) is 2.68. The number of ether oxygens (including phenoxy) is 1. The lowest BCUT2D eigenvalue weighted by molar-refractivity contribution is -0.0328. The first kappa shape index (κ1) is 25.5. The molecule has 1 aromatic carbocycles. The molecule has 32 heavy (non-hydrogen) atoms. The van der Waals surface area contributed by atoms with Crippen LogP contribution >= 0.6 is 11.8 Å². The summed E-state index contributed by atoms with van der Waals surface area (Å²) in [6, 6.07) is 4.83. The Morgan fingerprint density at radius 1 is 1.25 bits per heavy atom. The number of alkyl halides is 3. The molecule has 0 atom stereocenters. The number of carbonyl (C=O) groups is 1. The number of nitrogens with zero attached hydrogens (tertiary/aromatic N) is 2. The molecule has 0 fully saturated rings. The Hall–Kier alpha value is -2.73. The van der Waals surface area contributed by atoms with Crippen molar-refractivity contribution in [1.29, 1.82) is 0 Å². The lowest BCUT2D eigenvalue weighted by atomic mass is 10.1. The minimum atomic E-state index is -4.45. The van der Waals surface area contributed by atoms with Gasteiger partial charge in [-0.05, 0) is 48.4 Å². The van der Waals surface area contributed by atoms with Gasteiger partial charge in [0, 0.05) is 37.3 Å². The van der Waals surface area contributed by atoms with Gasteiger partial charge in [0.2, 0.25) is 0 Å². The number of halogens is 3. The third-order valence-electron chi connectivity index (χ3n) is 4.34. The van der Waals surface area contributed by atoms with Crippen LogP contribution in [-0.2, 0) is 11.3 Å². The van der Waals surface area contributed by atoms with E-state index in [-0.39, 0.29) is 59.3 Å². The van der Waals surface area contributed by atoms with E-state index in [0.717, 1.165) is 4.90 Å². The first-order valence-electron chi connectivity index (χ1n) is 9.73. The largest absolute Gasteiger partial charge is 0.446 e. The lowest BCUT2D eigenvalue weighted by Gasteiger charge is -2.25. The monoisotopic (exact) mass is 474 g/mol. The summed E-state index contributed by atoms with van der Waals surface area (Å²) in [5.74, 6) is -0.774. The van der Waals surface area contributed by atoms with Crippen LogP contribution in [0.2, 0.25) is 0 Å². The Morgan fingerprint density at radius 3 is 2.41 bits per heavy atom. The summed E-state index contributed by atoms with van der Waals surface area (Å²) in [6.45, 7) is 4.27. The molecule has 1 amide bonds. The third kappa shape index (κ3) is 6.63. The highest BCUT2D eigenvalue weighted by Gasteiger charge is 2.30. The fourth-order valence-corrected chi connectivity index (χ4v) is 3.56. The van der Waals surface area contributed by atoms with Crippen LogP contribution in [0.15, 0.2) is 38.8 Å². The summed E-state index contributed by atoms with van der Waals surface area (Å²) in [6.07, 6.45) is 0.354. The number of nitrogen functional groups attached to an aromatic ring is 1. The van der Waals surface area contributed by atoms with Crippen molar-refractivity contribution in [3.63, 3.8) is 0 Å². The van der Waals surface area contributed by atoms with Gasteiger partial charge in [0.25, 0.3) is 11.5 Å². The Labute approximate surface area is 186 Å². The van der Waals surface area contributed by atoms with Gasteiger partial charge in [-0.25, -0.2) is 4.79 Å². The molecule has 0 saturated heterocycles. The maximum Gasteiger partial charge on any atom is 0.446 e. The van der Waals surface area contributed by atoms with Gasteiger partial charge in [0.05, 0.1) is 0 Å². The van der Waals surface area contributed by atoms with Gasteiger partial charge in [0.1, 0.15) is 5.82 Å². The predicted octanol–water partition coefficient (Wildman–Crippen LogP) is 3.07. The molecule has 2 rings (SSSR count). The summed E-state index contributed by atoms with van der Waals surface area (Å²) >= 11 is -0.298. The van der Waals surface area contributed by atoms with Gasteiger partial charge in [-0.15, -0.1) is 0 Å². The SMILES string of the molecule is COCCCN(C(=O)c1ccc(SC(F)(F)F)cc1)c1c(N)n(CC(C)C)c(=O)[nH]c1=O. The number of nitrogens with two attached hydrogens (primary N) is 1. The van der Waals surface area contributed by atoms with E-state index < -0.39 is 22.7 Å². The second kappa shape index (κ2) is 10.7. The lowest BCUT2D eigenvalue weighted by Crippen LogP contribution is -2.42. The molecule has 12 heteroatoms. The van der Waals surface area contributed by atoms with E-state index in [1.807, 2.05) is 13.8 Å². The standard InChI is InChI=1S/C20H25F3N4O4S/c1-12(2)11-27-16(24)15(17(28)25-19(27)30)26(9-4-10-31-3)18(29)13-5-7-14(8-6-13)32-20(21,22)23/h5-8,12H,4,9-11,24H2,1-3H3,(H,25,28,30). The second-order valence-electron chi connectivity index (χ2n) is 7.37. The summed E-state index contributed by atoms with van der Waals surface area (Å²) in [4.78, 5) is 41.3. The van der Waals surface area contributed by atoms with E-state index in [1.54, 1.807) is 0 Å². The number of hydrogen-bond donors (Lipinski definition) is 2. The van der Waals surface area contributed by atoms with Crippen molar-refractivity contribution in [1.82, 2.24) is 9.55 Å². The minimum absolute atomic E-state index is 0.0325. The van der Waals surface area contributed by atoms with Crippen molar-refractivity contribution in [3.8, 4) is 0 Å². The van der Waals surface area contributed by atoms with Gasteiger partial charge >= 0.3 is 11.2 Å². The van der Waals surface area contributed by atoms with Crippen LogP contribution < -0.4 is 21.9 Å². The van der Waals surface area contributed by atoms with Gasteiger partial charge in [0.15, 0.2) is 5.69 Å². The maximum absolute atomic E-state index is 13.2. The van der Waals surface area contributed by atoms with Crippen LogP contribution in [0.1, 0.15) is 30.6 Å². The first-order chi connectivity index (χ1) is 14.9. The Kier molecular flexibility index (Phi) is 8.56. The van der Waals surface area contributed by atoms with Crippen molar-refractivity contribution in [2.75, 3.05) is 30.9 Å². The van der Waals surface area contributed by atoms with E-state index >= 15 is 0 Å². The molecule has 0 bridgehead atoms. The summed E-state index contributed by atoms with van der Waals surface area (Å²) < 4.78 is 43.9. The number of amides is 1. The number of methoxy groups -OCH3 is 1. The van der Waals surface area contributed by atoms with Crippen molar-refractivity contribution in [2.24, 2.45) is 5.92 Å². The molecule has 8 nitrogen and oxygen atoms in total. The van der Waals surface area contributed by atoms with Crippen LogP contribution in [0.3, 0.4) is 0 Å². The molecular formula is C20H25F3N4O4S. The zero-order valence-electron chi connectivity index (χ0n) is 17.9. The molecule has 0 aliphatic heterocycles. The van der Waals surface area contributed by atoms with E-state index in [2.05, 4.69) is 4.98 Å². The molecule has 0 radical (unpaired) electrons. The van der Waals surface area contributed by atoms with Gasteiger partial charge in [-0.1, -0.05) is 13.8 Å². The zero-order chi connectivity index (χ0) is 24.1. The fourth-order valence-electron chi connectivity index (χ4n) is 3.02. The zero-order valence-corrected chi connectivity index (χ0v) is 18.7. The molecule has 3 N–H and O–H groups in total. The minimum Gasteiger partial charge on any atom is -0.385 e. The van der Waals surface area contributed by atoms with Gasteiger partial charge in [-0.3, -0.25) is 19.1 Å². The molecule has 0 saturated carbocycles. The number of rotatable bonds is 9. The quantitative estimate of drug-likeness (QED) is 0.427. The first-order valence-corrected chi connectivity index (χ1v) is 10.6. The normalized spacial score (nSPS) is 11.7. The Morgan fingerprint density at radius 2 is 1.88 bits per heavy atom. The average molecular weight is 475 g/mol. The number of hydrogen-bond acceptors (Lipinski definition) is 6. The van der Waals surface area contributed by atoms with Gasteiger partial charge < -0.3 is 15.4 Å². The van der Waals surface area contributed by atoms with E-state index in [4.69, 9.17) is 10.5 Å². The number of thioether (sulfide) groups is 1. The molecule has 0 aliphatic rings. The van der Waals surface area contributed by atoms with Crippen LogP contribution in [0.4, 0.5) is 24.7 Å². The number of benzene rings is 1. The van der Waals surface area contributed by atoms with Gasteiger partial charge in [-0.2, -0.15) is 13.2 Å². The van der Waals surface area contributed by atoms with Crippen LogP contribution in [0, 0.1) is 5.92 Å².